The van der Waals surface area contributed by atoms with Crippen molar-refractivity contribution in [3.63, 3.8) is 0 Å². The van der Waals surface area contributed by atoms with Gasteiger partial charge in [0.25, 0.3) is 0 Å². The van der Waals surface area contributed by atoms with E-state index in [0.717, 1.165) is 29.6 Å². The third-order valence-electron chi connectivity index (χ3n) is 2.21. The zero-order chi connectivity index (χ0) is 9.42. The van der Waals surface area contributed by atoms with Crippen molar-refractivity contribution in [2.24, 2.45) is 5.14 Å². The lowest BCUT2D eigenvalue weighted by atomic mass is 10.1. The highest BCUT2D eigenvalue weighted by atomic mass is 32.2. The standard InChI is InChI=1S/C9H11FN2S/c1-5-2-6-3-7(10)9(13-11)4-8(6)12-5/h3-5,12H,2,11H2,1H3/t5-/m0/s1. The van der Waals surface area contributed by atoms with Gasteiger partial charge >= 0.3 is 0 Å². The Bertz CT molecular complexity index is 341. The second-order valence-electron chi connectivity index (χ2n) is 3.31. The molecule has 0 aromatic heterocycles. The Morgan fingerprint density at radius 2 is 2.38 bits per heavy atom. The van der Waals surface area contributed by atoms with Crippen LogP contribution in [0.2, 0.25) is 0 Å². The molecular weight excluding hydrogens is 187 g/mol. The molecule has 2 rings (SSSR count). The van der Waals surface area contributed by atoms with Crippen LogP contribution in [-0.2, 0) is 6.42 Å². The van der Waals surface area contributed by atoms with E-state index in [2.05, 4.69) is 12.2 Å². The number of anilines is 1. The van der Waals surface area contributed by atoms with Crippen LogP contribution in [0.3, 0.4) is 0 Å². The predicted octanol–water partition coefficient (Wildman–Crippen LogP) is 2.15. The Morgan fingerprint density at radius 3 is 3.08 bits per heavy atom. The van der Waals surface area contributed by atoms with Gasteiger partial charge in [-0.05, 0) is 43.0 Å². The molecule has 13 heavy (non-hydrogen) atoms. The number of fused-ring (bicyclic) bond motifs is 1. The van der Waals surface area contributed by atoms with Gasteiger partial charge < -0.3 is 5.32 Å². The molecule has 70 valence electrons. The number of halogens is 1. The number of benzene rings is 1. The fourth-order valence-electron chi connectivity index (χ4n) is 1.63. The van der Waals surface area contributed by atoms with Crippen molar-refractivity contribution in [1.29, 1.82) is 0 Å². The molecule has 0 unspecified atom stereocenters. The third-order valence-corrected chi connectivity index (χ3v) is 2.78. The van der Waals surface area contributed by atoms with Crippen LogP contribution in [-0.4, -0.2) is 6.04 Å². The molecule has 0 spiro atoms. The maximum Gasteiger partial charge on any atom is 0.138 e. The monoisotopic (exact) mass is 198 g/mol. The molecule has 1 aliphatic rings. The zero-order valence-electron chi connectivity index (χ0n) is 7.30. The quantitative estimate of drug-likeness (QED) is 0.679. The van der Waals surface area contributed by atoms with Crippen molar-refractivity contribution < 1.29 is 4.39 Å². The molecule has 2 nitrogen and oxygen atoms in total. The highest BCUT2D eigenvalue weighted by Crippen LogP contribution is 2.31. The summed E-state index contributed by atoms with van der Waals surface area (Å²) < 4.78 is 13.2. The molecule has 1 aliphatic heterocycles. The molecule has 3 N–H and O–H groups in total. The van der Waals surface area contributed by atoms with E-state index in [0.29, 0.717) is 10.9 Å². The minimum Gasteiger partial charge on any atom is -0.382 e. The van der Waals surface area contributed by atoms with E-state index in [-0.39, 0.29) is 5.82 Å². The van der Waals surface area contributed by atoms with E-state index < -0.39 is 0 Å². The van der Waals surface area contributed by atoms with E-state index in [9.17, 15) is 4.39 Å². The second-order valence-corrected chi connectivity index (χ2v) is 3.98. The first-order chi connectivity index (χ1) is 6.20. The molecule has 0 radical (unpaired) electrons. The highest BCUT2D eigenvalue weighted by molar-refractivity contribution is 7.97. The van der Waals surface area contributed by atoms with Crippen molar-refractivity contribution >= 4 is 17.6 Å². The van der Waals surface area contributed by atoms with Crippen LogP contribution in [0, 0.1) is 5.82 Å². The lowest BCUT2D eigenvalue weighted by Crippen LogP contribution is -2.08. The predicted molar refractivity (Wildman–Crippen MR) is 53.2 cm³/mol. The normalized spacial score (nSPS) is 19.8. The van der Waals surface area contributed by atoms with E-state index in [1.54, 1.807) is 12.1 Å². The average Bonchev–Trinajstić information content (AvgIpc) is 2.42. The number of hydrogen-bond donors (Lipinski definition) is 2. The zero-order valence-corrected chi connectivity index (χ0v) is 8.12. The van der Waals surface area contributed by atoms with Crippen molar-refractivity contribution in [2.45, 2.75) is 24.3 Å². The Kier molecular flexibility index (Phi) is 2.17. The summed E-state index contributed by atoms with van der Waals surface area (Å²) in [5, 5.41) is 8.59. The van der Waals surface area contributed by atoms with Gasteiger partial charge in [0.15, 0.2) is 0 Å². The van der Waals surface area contributed by atoms with Gasteiger partial charge in [-0.1, -0.05) is 0 Å². The van der Waals surface area contributed by atoms with Crippen molar-refractivity contribution in [3.05, 3.63) is 23.5 Å². The van der Waals surface area contributed by atoms with E-state index >= 15 is 0 Å². The first kappa shape index (κ1) is 8.84. The summed E-state index contributed by atoms with van der Waals surface area (Å²) in [5.41, 5.74) is 2.06. The Morgan fingerprint density at radius 1 is 1.62 bits per heavy atom. The molecule has 1 aromatic carbocycles. The van der Waals surface area contributed by atoms with Crippen molar-refractivity contribution in [3.8, 4) is 0 Å². The fraction of sp³-hybridized carbons (Fsp3) is 0.333. The molecule has 0 saturated carbocycles. The van der Waals surface area contributed by atoms with Crippen LogP contribution >= 0.6 is 11.9 Å². The Hall–Kier alpha value is -0.740. The van der Waals surface area contributed by atoms with E-state index in [4.69, 9.17) is 5.14 Å². The molecule has 1 aromatic rings. The summed E-state index contributed by atoms with van der Waals surface area (Å²) in [6, 6.07) is 3.74. The number of hydrogen-bond acceptors (Lipinski definition) is 3. The Labute approximate surface area is 80.8 Å². The van der Waals surface area contributed by atoms with Gasteiger partial charge in [-0.3, -0.25) is 5.14 Å². The molecule has 0 bridgehead atoms. The summed E-state index contributed by atoms with van der Waals surface area (Å²) in [5.74, 6) is -0.220. The Balaban J connectivity index is 2.44. The SMILES string of the molecule is C[C@H]1Cc2cc(F)c(SN)cc2N1. The topological polar surface area (TPSA) is 38.0 Å². The molecule has 1 heterocycles. The highest BCUT2D eigenvalue weighted by Gasteiger charge is 2.18. The molecule has 1 atom stereocenters. The molecule has 4 heteroatoms. The van der Waals surface area contributed by atoms with Crippen LogP contribution in [0.15, 0.2) is 17.0 Å². The maximum absolute atomic E-state index is 13.2. The molecule has 0 aliphatic carbocycles. The lowest BCUT2D eigenvalue weighted by Gasteiger charge is -2.04. The first-order valence-electron chi connectivity index (χ1n) is 4.16. The van der Waals surface area contributed by atoms with Gasteiger partial charge in [0.1, 0.15) is 5.82 Å². The molecule has 0 amide bonds. The van der Waals surface area contributed by atoms with Crippen LogP contribution < -0.4 is 10.5 Å². The van der Waals surface area contributed by atoms with Gasteiger partial charge in [-0.15, -0.1) is 0 Å². The fourth-order valence-corrected chi connectivity index (χ4v) is 1.99. The van der Waals surface area contributed by atoms with Crippen LogP contribution in [0.5, 0.6) is 0 Å². The lowest BCUT2D eigenvalue weighted by molar-refractivity contribution is 0.600. The van der Waals surface area contributed by atoms with Gasteiger partial charge in [-0.2, -0.15) is 0 Å². The smallest absolute Gasteiger partial charge is 0.138 e. The second kappa shape index (κ2) is 3.20. The van der Waals surface area contributed by atoms with E-state index in [1.807, 2.05) is 0 Å². The summed E-state index contributed by atoms with van der Waals surface area (Å²) >= 11 is 0.948. The first-order valence-corrected chi connectivity index (χ1v) is 5.04. The summed E-state index contributed by atoms with van der Waals surface area (Å²) in [7, 11) is 0. The van der Waals surface area contributed by atoms with Gasteiger partial charge in [0, 0.05) is 11.7 Å². The van der Waals surface area contributed by atoms with Crippen LogP contribution in [0.1, 0.15) is 12.5 Å². The maximum atomic E-state index is 13.2. The summed E-state index contributed by atoms with van der Waals surface area (Å²) in [6.07, 6.45) is 0.891. The molecular formula is C9H11FN2S. The van der Waals surface area contributed by atoms with Crippen LogP contribution in [0.25, 0.3) is 0 Å². The average molecular weight is 198 g/mol. The summed E-state index contributed by atoms with van der Waals surface area (Å²) in [4.78, 5) is 0.500. The summed E-state index contributed by atoms with van der Waals surface area (Å²) in [6.45, 7) is 2.08. The number of nitrogens with one attached hydrogen (secondary N) is 1. The molecule has 0 fully saturated rings. The van der Waals surface area contributed by atoms with Crippen molar-refractivity contribution in [2.75, 3.05) is 5.32 Å². The van der Waals surface area contributed by atoms with Gasteiger partial charge in [0.05, 0.1) is 4.90 Å². The largest absolute Gasteiger partial charge is 0.382 e. The van der Waals surface area contributed by atoms with Gasteiger partial charge in [-0.25, -0.2) is 4.39 Å². The minimum absolute atomic E-state index is 0.220. The van der Waals surface area contributed by atoms with Crippen LogP contribution in [0.4, 0.5) is 10.1 Å². The number of rotatable bonds is 1. The minimum atomic E-state index is -0.220. The van der Waals surface area contributed by atoms with Gasteiger partial charge in [0.2, 0.25) is 0 Å². The number of nitrogens with two attached hydrogens (primary N) is 1. The third kappa shape index (κ3) is 1.51. The molecule has 0 saturated heterocycles. The van der Waals surface area contributed by atoms with E-state index in [1.165, 1.54) is 0 Å². The van der Waals surface area contributed by atoms with Crippen molar-refractivity contribution in [1.82, 2.24) is 0 Å².